The van der Waals surface area contributed by atoms with Crippen LogP contribution < -0.4 is 10.6 Å². The highest BCUT2D eigenvalue weighted by molar-refractivity contribution is 5.86. The molecule has 3 atom stereocenters. The van der Waals surface area contributed by atoms with Crippen LogP contribution in [0.25, 0.3) is 11.1 Å². The molecular formula is C28H32N2O5. The van der Waals surface area contributed by atoms with E-state index in [9.17, 15) is 19.5 Å². The van der Waals surface area contributed by atoms with Gasteiger partial charge < -0.3 is 20.5 Å². The van der Waals surface area contributed by atoms with Crippen LogP contribution in [0, 0.1) is 11.8 Å². The Bertz CT molecular complexity index is 1070. The van der Waals surface area contributed by atoms with Crippen molar-refractivity contribution in [1.82, 2.24) is 10.6 Å². The van der Waals surface area contributed by atoms with Crippen molar-refractivity contribution in [2.24, 2.45) is 11.8 Å². The Morgan fingerprint density at radius 3 is 2.23 bits per heavy atom. The molecular weight excluding hydrogens is 444 g/mol. The first-order chi connectivity index (χ1) is 17.0. The van der Waals surface area contributed by atoms with Crippen molar-refractivity contribution in [3.8, 4) is 11.1 Å². The predicted molar refractivity (Wildman–Crippen MR) is 131 cm³/mol. The van der Waals surface area contributed by atoms with Gasteiger partial charge in [0, 0.05) is 12.0 Å². The number of amides is 2. The summed E-state index contributed by atoms with van der Waals surface area (Å²) in [5.74, 6) is -1.10. The first-order valence-electron chi connectivity index (χ1n) is 12.6. The van der Waals surface area contributed by atoms with Gasteiger partial charge in [-0.15, -0.1) is 0 Å². The third kappa shape index (κ3) is 5.34. The molecule has 3 aliphatic rings. The Hall–Kier alpha value is -3.35. The van der Waals surface area contributed by atoms with E-state index < -0.39 is 24.0 Å². The summed E-state index contributed by atoms with van der Waals surface area (Å²) in [4.78, 5) is 37.2. The van der Waals surface area contributed by atoms with Crippen LogP contribution in [0.1, 0.15) is 62.0 Å². The zero-order valence-corrected chi connectivity index (χ0v) is 19.7. The van der Waals surface area contributed by atoms with Crippen molar-refractivity contribution in [2.75, 3.05) is 6.61 Å². The van der Waals surface area contributed by atoms with Gasteiger partial charge in [0.25, 0.3) is 0 Å². The molecule has 3 aliphatic carbocycles. The van der Waals surface area contributed by atoms with Crippen molar-refractivity contribution < 1.29 is 24.2 Å². The fourth-order valence-electron chi connectivity index (χ4n) is 5.55. The first kappa shape index (κ1) is 23.4. The Labute approximate surface area is 205 Å². The molecule has 0 radical (unpaired) electrons. The van der Waals surface area contributed by atoms with Gasteiger partial charge in [-0.2, -0.15) is 0 Å². The second-order valence-corrected chi connectivity index (χ2v) is 10.1. The van der Waals surface area contributed by atoms with E-state index in [0.717, 1.165) is 47.9 Å². The zero-order chi connectivity index (χ0) is 24.4. The molecule has 2 saturated carbocycles. The van der Waals surface area contributed by atoms with Crippen LogP contribution in [-0.4, -0.2) is 41.8 Å². The third-order valence-corrected chi connectivity index (χ3v) is 7.59. The summed E-state index contributed by atoms with van der Waals surface area (Å²) in [7, 11) is 0. The smallest absolute Gasteiger partial charge is 0.407 e. The van der Waals surface area contributed by atoms with Gasteiger partial charge in [-0.25, -0.2) is 4.79 Å². The first-order valence-corrected chi connectivity index (χ1v) is 12.6. The number of fused-ring (bicyclic) bond motifs is 3. The summed E-state index contributed by atoms with van der Waals surface area (Å²) in [6.45, 7) is 0.195. The monoisotopic (exact) mass is 476 g/mol. The van der Waals surface area contributed by atoms with Crippen LogP contribution in [0.2, 0.25) is 0 Å². The number of nitrogens with one attached hydrogen (secondary N) is 2. The van der Waals surface area contributed by atoms with E-state index in [1.165, 1.54) is 0 Å². The molecule has 3 N–H and O–H groups in total. The van der Waals surface area contributed by atoms with E-state index in [-0.39, 0.29) is 24.5 Å². The average molecular weight is 477 g/mol. The second kappa shape index (κ2) is 10.1. The SMILES string of the molecule is O=C(N[C@@H](CC1CC1)C(=O)N[C@H]1CCC[C@@H](C(=O)O)C1)OCC1c2ccccc2-c2ccccc21. The Morgan fingerprint density at radius 1 is 0.943 bits per heavy atom. The third-order valence-electron chi connectivity index (χ3n) is 7.59. The van der Waals surface area contributed by atoms with E-state index in [2.05, 4.69) is 34.9 Å². The van der Waals surface area contributed by atoms with Gasteiger partial charge in [-0.1, -0.05) is 67.8 Å². The summed E-state index contributed by atoms with van der Waals surface area (Å²) < 4.78 is 5.65. The number of rotatable bonds is 8. The number of carboxylic acids is 1. The standard InChI is InChI=1S/C28H32N2O5/c31-26(29-19-7-5-6-18(15-19)27(32)33)25(14-17-12-13-17)30-28(34)35-16-24-22-10-3-1-8-20(22)21-9-2-4-11-23(21)24/h1-4,8-11,17-19,24-25H,5-7,12-16H2,(H,29,31)(H,30,34)(H,32,33)/t18-,19+,25+/m1/s1. The van der Waals surface area contributed by atoms with Crippen molar-refractivity contribution >= 4 is 18.0 Å². The van der Waals surface area contributed by atoms with E-state index in [1.54, 1.807) is 0 Å². The molecule has 0 saturated heterocycles. The number of hydrogen-bond acceptors (Lipinski definition) is 4. The average Bonchev–Trinajstić information content (AvgIpc) is 3.63. The molecule has 0 aromatic heterocycles. The number of ether oxygens (including phenoxy) is 1. The van der Waals surface area contributed by atoms with Crippen LogP contribution in [0.4, 0.5) is 4.79 Å². The molecule has 2 aromatic rings. The number of aliphatic carboxylic acids is 1. The number of carbonyl (C=O) groups excluding carboxylic acids is 2. The zero-order valence-electron chi connectivity index (χ0n) is 19.7. The van der Waals surface area contributed by atoms with Gasteiger partial charge in [-0.05, 0) is 53.9 Å². The van der Waals surface area contributed by atoms with Gasteiger partial charge in [0.05, 0.1) is 5.92 Å². The van der Waals surface area contributed by atoms with E-state index >= 15 is 0 Å². The lowest BCUT2D eigenvalue weighted by atomic mass is 9.85. The molecule has 2 fully saturated rings. The Morgan fingerprint density at radius 2 is 1.60 bits per heavy atom. The number of alkyl carbamates (subject to hydrolysis) is 1. The topological polar surface area (TPSA) is 105 Å². The van der Waals surface area contributed by atoms with Crippen LogP contribution in [0.3, 0.4) is 0 Å². The number of benzene rings is 2. The fraction of sp³-hybridized carbons (Fsp3) is 0.464. The molecule has 35 heavy (non-hydrogen) atoms. The van der Waals surface area contributed by atoms with Crippen LogP contribution in [0.15, 0.2) is 48.5 Å². The molecule has 0 unspecified atom stereocenters. The molecule has 7 nitrogen and oxygen atoms in total. The lowest BCUT2D eigenvalue weighted by Crippen LogP contribution is -2.51. The van der Waals surface area contributed by atoms with Crippen LogP contribution in [-0.2, 0) is 14.3 Å². The molecule has 2 aromatic carbocycles. The highest BCUT2D eigenvalue weighted by Gasteiger charge is 2.34. The Balaban J connectivity index is 1.20. The van der Waals surface area contributed by atoms with Gasteiger partial charge in [0.2, 0.25) is 5.91 Å². The molecule has 5 rings (SSSR count). The van der Waals surface area contributed by atoms with Crippen molar-refractivity contribution in [1.29, 1.82) is 0 Å². The second-order valence-electron chi connectivity index (χ2n) is 10.1. The minimum absolute atomic E-state index is 0.0425. The molecule has 0 spiro atoms. The summed E-state index contributed by atoms with van der Waals surface area (Å²) in [6.07, 6.45) is 4.70. The lowest BCUT2D eigenvalue weighted by Gasteiger charge is -2.29. The number of carboxylic acid groups (broad SMARTS) is 1. The summed E-state index contributed by atoms with van der Waals surface area (Å²) >= 11 is 0. The van der Waals surface area contributed by atoms with Gasteiger partial charge >= 0.3 is 12.1 Å². The highest BCUT2D eigenvalue weighted by atomic mass is 16.5. The largest absolute Gasteiger partial charge is 0.481 e. The molecule has 0 aliphatic heterocycles. The van der Waals surface area contributed by atoms with Gasteiger partial charge in [-0.3, -0.25) is 9.59 Å². The minimum Gasteiger partial charge on any atom is -0.481 e. The molecule has 7 heteroatoms. The van der Waals surface area contributed by atoms with Gasteiger partial charge in [0.15, 0.2) is 0 Å². The fourth-order valence-corrected chi connectivity index (χ4v) is 5.55. The van der Waals surface area contributed by atoms with Crippen molar-refractivity contribution in [2.45, 2.75) is 62.9 Å². The maximum Gasteiger partial charge on any atom is 0.407 e. The summed E-state index contributed by atoms with van der Waals surface area (Å²) in [5, 5.41) is 15.1. The predicted octanol–water partition coefficient (Wildman–Crippen LogP) is 4.45. The maximum atomic E-state index is 13.0. The number of hydrogen-bond donors (Lipinski definition) is 3. The molecule has 184 valence electrons. The summed E-state index contributed by atoms with van der Waals surface area (Å²) in [6, 6.07) is 15.5. The molecule has 2 amide bonds. The minimum atomic E-state index is -0.810. The van der Waals surface area contributed by atoms with E-state index in [0.29, 0.717) is 25.2 Å². The molecule has 0 bridgehead atoms. The van der Waals surface area contributed by atoms with E-state index in [4.69, 9.17) is 4.74 Å². The molecule has 0 heterocycles. The van der Waals surface area contributed by atoms with Crippen molar-refractivity contribution in [3.05, 3.63) is 59.7 Å². The Kier molecular flexibility index (Phi) is 6.75. The quantitative estimate of drug-likeness (QED) is 0.522. The van der Waals surface area contributed by atoms with E-state index in [1.807, 2.05) is 24.3 Å². The lowest BCUT2D eigenvalue weighted by molar-refractivity contribution is -0.143. The van der Waals surface area contributed by atoms with Crippen LogP contribution in [0.5, 0.6) is 0 Å². The maximum absolute atomic E-state index is 13.0. The summed E-state index contributed by atoms with van der Waals surface area (Å²) in [5.41, 5.74) is 4.60. The van der Waals surface area contributed by atoms with Crippen LogP contribution >= 0.6 is 0 Å². The number of carbonyl (C=O) groups is 3. The normalized spacial score (nSPS) is 21.9. The van der Waals surface area contributed by atoms with Gasteiger partial charge in [0.1, 0.15) is 12.6 Å². The highest BCUT2D eigenvalue weighted by Crippen LogP contribution is 2.44. The van der Waals surface area contributed by atoms with Crippen molar-refractivity contribution in [3.63, 3.8) is 0 Å².